The van der Waals surface area contributed by atoms with Crippen LogP contribution in [0.3, 0.4) is 0 Å². The van der Waals surface area contributed by atoms with Gasteiger partial charge in [-0.1, -0.05) is 52.3 Å². The van der Waals surface area contributed by atoms with Crippen molar-refractivity contribution < 1.29 is 22.5 Å². The maximum absolute atomic E-state index is 13.5. The molecule has 0 aliphatic carbocycles. The molecule has 2 aliphatic rings. The molecule has 2 aromatic carbocycles. The number of nitrogens with one attached hydrogen (secondary N) is 1. The highest BCUT2D eigenvalue weighted by Crippen LogP contribution is 2.38. The normalized spacial score (nSPS) is 25.0. The molecular formula is C20H20BrN3O5S2. The first-order chi connectivity index (χ1) is 14.6. The molecule has 2 atom stereocenters. The average molecular weight is 526 g/mol. The number of morpholine rings is 1. The number of ether oxygens (including phenoxy) is 1. The van der Waals surface area contributed by atoms with E-state index < -0.39 is 21.9 Å². The van der Waals surface area contributed by atoms with E-state index in [1.807, 2.05) is 24.3 Å². The molecule has 2 aliphatic heterocycles. The lowest BCUT2D eigenvalue weighted by Crippen LogP contribution is -2.45. The predicted octanol–water partition coefficient (Wildman–Crippen LogP) is 2.22. The summed E-state index contributed by atoms with van der Waals surface area (Å²) in [6.07, 6.45) is 0. The number of carbonyl (C=O) groups excluding carboxylic acids is 1. The first-order valence-electron chi connectivity index (χ1n) is 9.43. The topological polar surface area (TPSA) is 99.2 Å². The third-order valence-electron chi connectivity index (χ3n) is 5.56. The van der Waals surface area contributed by atoms with E-state index in [-0.39, 0.29) is 30.8 Å². The van der Waals surface area contributed by atoms with Crippen molar-refractivity contribution in [1.29, 1.82) is 0 Å². The van der Waals surface area contributed by atoms with Crippen LogP contribution in [0.5, 0.6) is 0 Å². The standard InChI is InChI=1S/C20H20BrN3O5S2/c1-23-18(25)20(22-19(23)30,15-6-3-7-16(21)11-15)14-5-2-4-13(10-14)17-12-29-9-8-24(17)31(26,27)28/h2-7,10-11,17H,8-9,12H2,1H3,(H,22,30)(H,26,27,28). The van der Waals surface area contributed by atoms with Gasteiger partial charge < -0.3 is 10.1 Å². The summed E-state index contributed by atoms with van der Waals surface area (Å²) in [4.78, 5) is 14.8. The number of amides is 1. The van der Waals surface area contributed by atoms with E-state index in [0.717, 1.165) is 8.78 Å². The minimum atomic E-state index is -4.42. The monoisotopic (exact) mass is 525 g/mol. The van der Waals surface area contributed by atoms with Crippen LogP contribution in [0.25, 0.3) is 0 Å². The van der Waals surface area contributed by atoms with Crippen molar-refractivity contribution in [1.82, 2.24) is 14.5 Å². The van der Waals surface area contributed by atoms with Gasteiger partial charge in [0.05, 0.1) is 19.3 Å². The molecule has 2 N–H and O–H groups in total. The van der Waals surface area contributed by atoms with Crippen LogP contribution in [-0.2, 0) is 25.4 Å². The molecule has 8 nitrogen and oxygen atoms in total. The van der Waals surface area contributed by atoms with Crippen LogP contribution in [0.4, 0.5) is 0 Å². The summed E-state index contributed by atoms with van der Waals surface area (Å²) in [6.45, 7) is 0.318. The predicted molar refractivity (Wildman–Crippen MR) is 122 cm³/mol. The molecule has 31 heavy (non-hydrogen) atoms. The number of rotatable bonds is 4. The van der Waals surface area contributed by atoms with Gasteiger partial charge in [-0.05, 0) is 41.0 Å². The molecule has 2 heterocycles. The van der Waals surface area contributed by atoms with Gasteiger partial charge in [0.15, 0.2) is 10.7 Å². The second-order valence-electron chi connectivity index (χ2n) is 7.36. The highest BCUT2D eigenvalue weighted by Gasteiger charge is 2.51. The fraction of sp³-hybridized carbons (Fsp3) is 0.300. The molecule has 0 aromatic heterocycles. The van der Waals surface area contributed by atoms with Gasteiger partial charge in [0.25, 0.3) is 5.91 Å². The molecule has 0 bridgehead atoms. The number of hydrogen-bond acceptors (Lipinski definition) is 5. The van der Waals surface area contributed by atoms with Crippen molar-refractivity contribution >= 4 is 49.5 Å². The smallest absolute Gasteiger partial charge is 0.336 e. The Hall–Kier alpha value is -1.89. The highest BCUT2D eigenvalue weighted by atomic mass is 79.9. The molecule has 0 radical (unpaired) electrons. The Morgan fingerprint density at radius 1 is 1.23 bits per heavy atom. The summed E-state index contributed by atoms with van der Waals surface area (Å²) in [6, 6.07) is 13.7. The van der Waals surface area contributed by atoms with Gasteiger partial charge in [0.2, 0.25) is 0 Å². The molecule has 11 heteroatoms. The van der Waals surface area contributed by atoms with Gasteiger partial charge in [0, 0.05) is 18.1 Å². The zero-order valence-electron chi connectivity index (χ0n) is 16.5. The van der Waals surface area contributed by atoms with Crippen molar-refractivity contribution in [2.24, 2.45) is 0 Å². The second-order valence-corrected chi connectivity index (χ2v) is 10.0. The zero-order chi connectivity index (χ0) is 22.4. The summed E-state index contributed by atoms with van der Waals surface area (Å²) in [5, 5.41) is 3.46. The Labute approximate surface area is 194 Å². The number of thiocarbonyl (C=S) groups is 1. The number of hydrogen-bond donors (Lipinski definition) is 2. The van der Waals surface area contributed by atoms with E-state index in [9.17, 15) is 17.8 Å². The van der Waals surface area contributed by atoms with Gasteiger partial charge in [-0.2, -0.15) is 12.7 Å². The van der Waals surface area contributed by atoms with E-state index in [0.29, 0.717) is 16.7 Å². The van der Waals surface area contributed by atoms with Crippen molar-refractivity contribution in [3.8, 4) is 0 Å². The van der Waals surface area contributed by atoms with Gasteiger partial charge >= 0.3 is 10.3 Å². The molecule has 2 saturated heterocycles. The van der Waals surface area contributed by atoms with Crippen LogP contribution < -0.4 is 5.32 Å². The quantitative estimate of drug-likeness (QED) is 0.466. The number of carbonyl (C=O) groups is 1. The third kappa shape index (κ3) is 3.90. The molecule has 164 valence electrons. The molecule has 2 fully saturated rings. The van der Waals surface area contributed by atoms with E-state index >= 15 is 0 Å². The fourth-order valence-electron chi connectivity index (χ4n) is 4.03. The summed E-state index contributed by atoms with van der Waals surface area (Å²) in [7, 11) is -2.81. The van der Waals surface area contributed by atoms with Gasteiger partial charge in [-0.25, -0.2) is 0 Å². The molecular weight excluding hydrogens is 506 g/mol. The van der Waals surface area contributed by atoms with E-state index in [2.05, 4.69) is 21.2 Å². The number of benzene rings is 2. The lowest BCUT2D eigenvalue weighted by atomic mass is 9.81. The lowest BCUT2D eigenvalue weighted by molar-refractivity contribution is -0.129. The number of halogens is 1. The SMILES string of the molecule is CN1C(=O)C(c2cccc(Br)c2)(c2cccc(C3COCCN3S(=O)(=O)O)c2)NC1=S. The summed E-state index contributed by atoms with van der Waals surface area (Å²) < 4.78 is 40.8. The van der Waals surface area contributed by atoms with Crippen molar-refractivity contribution in [3.05, 3.63) is 69.7 Å². The zero-order valence-corrected chi connectivity index (χ0v) is 19.7. The summed E-state index contributed by atoms with van der Waals surface area (Å²) >= 11 is 8.83. The average Bonchev–Trinajstić information content (AvgIpc) is 2.98. The largest absolute Gasteiger partial charge is 0.378 e. The van der Waals surface area contributed by atoms with E-state index in [1.165, 1.54) is 4.90 Å². The fourth-order valence-corrected chi connectivity index (χ4v) is 5.47. The summed E-state index contributed by atoms with van der Waals surface area (Å²) in [5.41, 5.74) is 0.603. The first-order valence-corrected chi connectivity index (χ1v) is 12.0. The third-order valence-corrected chi connectivity index (χ3v) is 7.46. The highest BCUT2D eigenvalue weighted by molar-refractivity contribution is 9.10. The maximum Gasteiger partial charge on any atom is 0.336 e. The van der Waals surface area contributed by atoms with Crippen molar-refractivity contribution in [2.45, 2.75) is 11.6 Å². The van der Waals surface area contributed by atoms with Gasteiger partial charge in [0.1, 0.15) is 0 Å². The Kier molecular flexibility index (Phi) is 5.92. The Morgan fingerprint density at radius 3 is 2.52 bits per heavy atom. The van der Waals surface area contributed by atoms with Crippen molar-refractivity contribution in [2.75, 3.05) is 26.8 Å². The van der Waals surface area contributed by atoms with Crippen LogP contribution >= 0.6 is 28.1 Å². The van der Waals surface area contributed by atoms with Crippen LogP contribution in [0.1, 0.15) is 22.7 Å². The van der Waals surface area contributed by atoms with Gasteiger partial charge in [-0.15, -0.1) is 0 Å². The number of likely N-dealkylation sites (N-methyl/N-ethyl adjacent to an activating group) is 1. The summed E-state index contributed by atoms with van der Waals surface area (Å²) in [5.74, 6) is -0.251. The molecule has 2 unspecified atom stereocenters. The molecule has 1 amide bonds. The lowest BCUT2D eigenvalue weighted by Gasteiger charge is -2.34. The van der Waals surface area contributed by atoms with Crippen LogP contribution in [0.15, 0.2) is 53.0 Å². The molecule has 2 aromatic rings. The van der Waals surface area contributed by atoms with Crippen LogP contribution in [-0.4, -0.2) is 60.0 Å². The Morgan fingerprint density at radius 2 is 1.90 bits per heavy atom. The van der Waals surface area contributed by atoms with Crippen LogP contribution in [0, 0.1) is 0 Å². The first kappa shape index (κ1) is 22.3. The van der Waals surface area contributed by atoms with Crippen LogP contribution in [0.2, 0.25) is 0 Å². The maximum atomic E-state index is 13.5. The Balaban J connectivity index is 1.87. The molecule has 0 saturated carbocycles. The Bertz CT molecular complexity index is 1160. The van der Waals surface area contributed by atoms with E-state index in [1.54, 1.807) is 31.3 Å². The second kappa shape index (κ2) is 8.23. The van der Waals surface area contributed by atoms with E-state index in [4.69, 9.17) is 17.0 Å². The molecule has 4 rings (SSSR count). The minimum absolute atomic E-state index is 0.0362. The minimum Gasteiger partial charge on any atom is -0.378 e. The van der Waals surface area contributed by atoms with Gasteiger partial charge in [-0.3, -0.25) is 14.2 Å². The van der Waals surface area contributed by atoms with Crippen molar-refractivity contribution in [3.63, 3.8) is 0 Å². The molecule has 0 spiro atoms. The number of nitrogens with zero attached hydrogens (tertiary/aromatic N) is 2.